The summed E-state index contributed by atoms with van der Waals surface area (Å²) < 4.78 is 6.74. The zero-order valence-electron chi connectivity index (χ0n) is 9.72. The fraction of sp³-hybridized carbons (Fsp3) is 0.909. The lowest BCUT2D eigenvalue weighted by Gasteiger charge is -2.22. The zero-order chi connectivity index (χ0) is 11.0. The molecule has 2 nitrogen and oxygen atoms in total. The lowest BCUT2D eigenvalue weighted by molar-refractivity contribution is 0.224. The molecule has 0 aliphatic carbocycles. The Morgan fingerprint density at radius 3 is 2.29 bits per heavy atom. The van der Waals surface area contributed by atoms with Crippen molar-refractivity contribution in [3.05, 3.63) is 0 Å². The highest BCUT2D eigenvalue weighted by Crippen LogP contribution is 2.31. The summed E-state index contributed by atoms with van der Waals surface area (Å²) in [7, 11) is 0. The van der Waals surface area contributed by atoms with Crippen molar-refractivity contribution in [2.24, 2.45) is 15.8 Å². The van der Waals surface area contributed by atoms with E-state index in [0.717, 1.165) is 16.9 Å². The number of aliphatic imine (C=N–C) groups is 1. The van der Waals surface area contributed by atoms with Gasteiger partial charge in [0.1, 0.15) is 6.61 Å². The highest BCUT2D eigenvalue weighted by Gasteiger charge is 2.36. The van der Waals surface area contributed by atoms with Crippen molar-refractivity contribution in [3.8, 4) is 0 Å². The summed E-state index contributed by atoms with van der Waals surface area (Å²) in [6.45, 7) is 11.8. The Kier molecular flexibility index (Phi) is 3.49. The van der Waals surface area contributed by atoms with Crippen LogP contribution in [0.25, 0.3) is 0 Å². The minimum absolute atomic E-state index is 0.0839. The lowest BCUT2D eigenvalue weighted by atomic mass is 9.88. The Labute approximate surface area is 101 Å². The average Bonchev–Trinajstić information content (AvgIpc) is 2.51. The predicted octanol–water partition coefficient (Wildman–Crippen LogP) is 3.29. The first-order chi connectivity index (χ1) is 6.27. The quantitative estimate of drug-likeness (QED) is 0.566. The number of ether oxygens (including phenoxy) is 1. The van der Waals surface area contributed by atoms with Gasteiger partial charge in [0.05, 0.1) is 6.04 Å². The molecule has 1 heterocycles. The van der Waals surface area contributed by atoms with Gasteiger partial charge < -0.3 is 4.74 Å². The summed E-state index contributed by atoms with van der Waals surface area (Å²) in [5.74, 6) is 0.937. The number of nitrogens with zero attached hydrogens (tertiary/aromatic N) is 1. The number of hydrogen-bond acceptors (Lipinski definition) is 2. The van der Waals surface area contributed by atoms with Crippen LogP contribution in [-0.4, -0.2) is 23.0 Å². The van der Waals surface area contributed by atoms with Crippen molar-refractivity contribution in [2.75, 3.05) is 11.0 Å². The van der Waals surface area contributed by atoms with E-state index >= 15 is 0 Å². The van der Waals surface area contributed by atoms with E-state index in [1.807, 2.05) is 0 Å². The molecule has 3 heteroatoms. The molecule has 0 bridgehead atoms. The van der Waals surface area contributed by atoms with Crippen LogP contribution in [0.15, 0.2) is 4.99 Å². The van der Waals surface area contributed by atoms with Crippen LogP contribution in [0.5, 0.6) is 0 Å². The molecule has 0 aromatic heterocycles. The highest BCUT2D eigenvalue weighted by atomic mass is 127. The van der Waals surface area contributed by atoms with Gasteiger partial charge in [0, 0.05) is 9.84 Å². The first-order valence-corrected chi connectivity index (χ1v) is 6.57. The minimum Gasteiger partial charge on any atom is -0.478 e. The van der Waals surface area contributed by atoms with Gasteiger partial charge in [-0.3, -0.25) is 0 Å². The van der Waals surface area contributed by atoms with Crippen molar-refractivity contribution in [2.45, 2.75) is 40.7 Å². The Bertz CT molecular complexity index is 240. The molecule has 1 rings (SSSR count). The summed E-state index contributed by atoms with van der Waals surface area (Å²) in [6.07, 6.45) is 0. The van der Waals surface area contributed by atoms with Crippen LogP contribution in [0.2, 0.25) is 0 Å². The SMILES string of the molecule is CC(C)(CI)C1=NC(C(C)(C)C)CO1. The van der Waals surface area contributed by atoms with Gasteiger partial charge in [0.2, 0.25) is 0 Å². The number of halogens is 1. The van der Waals surface area contributed by atoms with Crippen LogP contribution >= 0.6 is 22.6 Å². The van der Waals surface area contributed by atoms with Crippen molar-refractivity contribution in [1.82, 2.24) is 0 Å². The molecule has 82 valence electrons. The molecule has 0 N–H and O–H groups in total. The molecule has 0 amide bonds. The summed E-state index contributed by atoms with van der Waals surface area (Å²) >= 11 is 2.39. The molecule has 0 saturated heterocycles. The summed E-state index contributed by atoms with van der Waals surface area (Å²) in [5, 5.41) is 0. The van der Waals surface area contributed by atoms with Gasteiger partial charge in [-0.15, -0.1) is 0 Å². The standard InChI is InChI=1S/C11H20INO/c1-10(2,3)8-6-14-9(13-8)11(4,5)7-12/h8H,6-7H2,1-5H3. The number of hydrogen-bond donors (Lipinski definition) is 0. The van der Waals surface area contributed by atoms with Crippen LogP contribution in [0, 0.1) is 10.8 Å². The molecular weight excluding hydrogens is 289 g/mol. The molecule has 14 heavy (non-hydrogen) atoms. The maximum absolute atomic E-state index is 5.69. The van der Waals surface area contributed by atoms with E-state index in [1.165, 1.54) is 0 Å². The van der Waals surface area contributed by atoms with Crippen molar-refractivity contribution in [3.63, 3.8) is 0 Å². The maximum Gasteiger partial charge on any atom is 0.190 e. The van der Waals surface area contributed by atoms with Crippen LogP contribution in [-0.2, 0) is 4.74 Å². The molecule has 0 spiro atoms. The molecule has 1 aliphatic rings. The fourth-order valence-corrected chi connectivity index (χ4v) is 1.57. The van der Waals surface area contributed by atoms with Crippen molar-refractivity contribution < 1.29 is 4.74 Å². The van der Waals surface area contributed by atoms with E-state index in [2.05, 4.69) is 57.2 Å². The van der Waals surface area contributed by atoms with Crippen LogP contribution in [0.3, 0.4) is 0 Å². The van der Waals surface area contributed by atoms with E-state index in [4.69, 9.17) is 9.73 Å². The average molecular weight is 309 g/mol. The van der Waals surface area contributed by atoms with E-state index in [-0.39, 0.29) is 10.8 Å². The number of rotatable bonds is 2. The molecule has 1 aliphatic heterocycles. The van der Waals surface area contributed by atoms with Gasteiger partial charge in [-0.1, -0.05) is 57.2 Å². The highest BCUT2D eigenvalue weighted by molar-refractivity contribution is 14.1. The van der Waals surface area contributed by atoms with Crippen LogP contribution in [0.4, 0.5) is 0 Å². The first-order valence-electron chi connectivity index (χ1n) is 5.04. The van der Waals surface area contributed by atoms with Crippen molar-refractivity contribution in [1.29, 1.82) is 0 Å². The minimum atomic E-state index is 0.0839. The molecule has 0 saturated carbocycles. The van der Waals surface area contributed by atoms with Crippen LogP contribution < -0.4 is 0 Å². The van der Waals surface area contributed by atoms with E-state index in [0.29, 0.717) is 6.04 Å². The van der Waals surface area contributed by atoms with E-state index < -0.39 is 0 Å². The number of alkyl halides is 1. The Balaban J connectivity index is 2.78. The molecule has 0 fully saturated rings. The monoisotopic (exact) mass is 309 g/mol. The molecule has 0 aromatic rings. The lowest BCUT2D eigenvalue weighted by Crippen LogP contribution is -2.25. The van der Waals surface area contributed by atoms with Gasteiger partial charge >= 0.3 is 0 Å². The largest absolute Gasteiger partial charge is 0.478 e. The van der Waals surface area contributed by atoms with E-state index in [1.54, 1.807) is 0 Å². The summed E-state index contributed by atoms with van der Waals surface area (Å²) in [4.78, 5) is 4.69. The van der Waals surface area contributed by atoms with Gasteiger partial charge in [-0.2, -0.15) is 0 Å². The second-order valence-corrected chi connectivity index (χ2v) is 6.41. The topological polar surface area (TPSA) is 21.6 Å². The molecule has 0 radical (unpaired) electrons. The molecule has 1 atom stereocenters. The third-order valence-electron chi connectivity index (χ3n) is 2.56. The van der Waals surface area contributed by atoms with E-state index in [9.17, 15) is 0 Å². The molecule has 1 unspecified atom stereocenters. The third kappa shape index (κ3) is 2.61. The van der Waals surface area contributed by atoms with Gasteiger partial charge in [-0.05, 0) is 5.41 Å². The Hall–Kier alpha value is 0.200. The summed E-state index contributed by atoms with van der Waals surface area (Å²) in [5.41, 5.74) is 0.295. The van der Waals surface area contributed by atoms with Gasteiger partial charge in [0.25, 0.3) is 0 Å². The van der Waals surface area contributed by atoms with Crippen molar-refractivity contribution >= 4 is 28.5 Å². The van der Waals surface area contributed by atoms with Gasteiger partial charge in [0.15, 0.2) is 5.90 Å². The predicted molar refractivity (Wildman–Crippen MR) is 69.3 cm³/mol. The molecular formula is C11H20INO. The fourth-order valence-electron chi connectivity index (χ4n) is 1.24. The maximum atomic E-state index is 5.69. The zero-order valence-corrected chi connectivity index (χ0v) is 11.9. The van der Waals surface area contributed by atoms with Gasteiger partial charge in [-0.25, -0.2) is 4.99 Å². The molecule has 0 aromatic carbocycles. The Morgan fingerprint density at radius 2 is 1.93 bits per heavy atom. The smallest absolute Gasteiger partial charge is 0.190 e. The first kappa shape index (κ1) is 12.3. The normalized spacial score (nSPS) is 23.3. The summed E-state index contributed by atoms with van der Waals surface area (Å²) in [6, 6.07) is 0.319. The Morgan fingerprint density at radius 1 is 1.36 bits per heavy atom. The second kappa shape index (κ2) is 3.99. The second-order valence-electron chi connectivity index (χ2n) is 5.64. The van der Waals surface area contributed by atoms with Crippen LogP contribution in [0.1, 0.15) is 34.6 Å². The third-order valence-corrected chi connectivity index (χ3v) is 4.47.